The summed E-state index contributed by atoms with van der Waals surface area (Å²) in [4.78, 5) is 31.3. The zero-order valence-corrected chi connectivity index (χ0v) is 12.6. The van der Waals surface area contributed by atoms with Crippen LogP contribution in [-0.2, 0) is 9.59 Å². The van der Waals surface area contributed by atoms with E-state index in [1.54, 1.807) is 25.4 Å². The molecule has 1 rings (SSSR count). The first-order valence-electron chi connectivity index (χ1n) is 6.61. The molecular weight excluding hydrogens is 276 g/mol. The van der Waals surface area contributed by atoms with Crippen LogP contribution >= 0.6 is 11.8 Å². The van der Waals surface area contributed by atoms with Gasteiger partial charge in [-0.05, 0) is 19.4 Å². The fourth-order valence-electron chi connectivity index (χ4n) is 1.35. The molecule has 0 aliphatic carbocycles. The quantitative estimate of drug-likeness (QED) is 0.552. The summed E-state index contributed by atoms with van der Waals surface area (Å²) in [7, 11) is 0. The molecule has 6 nitrogen and oxygen atoms in total. The van der Waals surface area contributed by atoms with Crippen LogP contribution in [0, 0.1) is 0 Å². The lowest BCUT2D eigenvalue weighted by molar-refractivity contribution is -0.122. The Labute approximate surface area is 123 Å². The van der Waals surface area contributed by atoms with Crippen LogP contribution in [0.3, 0.4) is 0 Å². The number of nitrogens with zero attached hydrogens (tertiary/aromatic N) is 2. The molecule has 0 unspecified atom stereocenters. The van der Waals surface area contributed by atoms with Gasteiger partial charge in [-0.15, -0.1) is 0 Å². The molecule has 0 aliphatic heterocycles. The van der Waals surface area contributed by atoms with E-state index in [9.17, 15) is 9.59 Å². The Balaban J connectivity index is 2.23. The van der Waals surface area contributed by atoms with Gasteiger partial charge in [0.05, 0.1) is 5.25 Å². The summed E-state index contributed by atoms with van der Waals surface area (Å²) in [5.41, 5.74) is 0. The highest BCUT2D eigenvalue weighted by molar-refractivity contribution is 8.00. The largest absolute Gasteiger partial charge is 0.356 e. The van der Waals surface area contributed by atoms with Crippen LogP contribution in [0.5, 0.6) is 0 Å². The maximum Gasteiger partial charge on any atom is 0.233 e. The summed E-state index contributed by atoms with van der Waals surface area (Å²) >= 11 is 1.29. The van der Waals surface area contributed by atoms with E-state index in [0.717, 1.165) is 6.42 Å². The van der Waals surface area contributed by atoms with E-state index < -0.39 is 0 Å². The van der Waals surface area contributed by atoms with Crippen molar-refractivity contribution in [2.75, 3.05) is 13.1 Å². The van der Waals surface area contributed by atoms with Crippen molar-refractivity contribution in [2.24, 2.45) is 0 Å². The summed E-state index contributed by atoms with van der Waals surface area (Å²) in [5.74, 6) is -0.162. The molecule has 0 radical (unpaired) electrons. The lowest BCUT2D eigenvalue weighted by atomic mass is 10.3. The highest BCUT2D eigenvalue weighted by Crippen LogP contribution is 2.17. The Morgan fingerprint density at radius 3 is 2.60 bits per heavy atom. The first-order chi connectivity index (χ1) is 9.63. The fourth-order valence-corrected chi connectivity index (χ4v) is 2.10. The van der Waals surface area contributed by atoms with Gasteiger partial charge in [0.15, 0.2) is 5.16 Å². The van der Waals surface area contributed by atoms with Gasteiger partial charge in [0, 0.05) is 31.9 Å². The number of thioether (sulfide) groups is 1. The van der Waals surface area contributed by atoms with Gasteiger partial charge in [-0.2, -0.15) is 0 Å². The van der Waals surface area contributed by atoms with Gasteiger partial charge in [-0.3, -0.25) is 9.59 Å². The van der Waals surface area contributed by atoms with E-state index in [0.29, 0.717) is 24.7 Å². The topological polar surface area (TPSA) is 84.0 Å². The molecule has 0 bridgehead atoms. The zero-order chi connectivity index (χ0) is 14.8. The van der Waals surface area contributed by atoms with E-state index in [1.807, 2.05) is 6.92 Å². The molecule has 0 aromatic carbocycles. The molecule has 0 fully saturated rings. The lowest BCUT2D eigenvalue weighted by Gasteiger charge is -2.10. The van der Waals surface area contributed by atoms with E-state index >= 15 is 0 Å². The molecule has 0 saturated carbocycles. The maximum atomic E-state index is 11.8. The van der Waals surface area contributed by atoms with E-state index in [1.165, 1.54) is 11.8 Å². The van der Waals surface area contributed by atoms with Crippen molar-refractivity contribution >= 4 is 23.6 Å². The van der Waals surface area contributed by atoms with E-state index in [-0.39, 0.29) is 17.1 Å². The van der Waals surface area contributed by atoms with Crippen molar-refractivity contribution in [1.29, 1.82) is 0 Å². The predicted octanol–water partition coefficient (Wildman–Crippen LogP) is 0.990. The number of amides is 2. The Bertz CT molecular complexity index is 428. The molecule has 0 spiro atoms. The second kappa shape index (κ2) is 9.30. The minimum atomic E-state index is -0.295. The molecule has 7 heteroatoms. The molecule has 1 aromatic rings. The van der Waals surface area contributed by atoms with Gasteiger partial charge in [0.2, 0.25) is 11.8 Å². The van der Waals surface area contributed by atoms with Crippen molar-refractivity contribution < 1.29 is 9.59 Å². The Kier molecular flexibility index (Phi) is 7.64. The van der Waals surface area contributed by atoms with Gasteiger partial charge in [-0.1, -0.05) is 18.7 Å². The molecule has 0 aliphatic rings. The fraction of sp³-hybridized carbons (Fsp3) is 0.538. The summed E-state index contributed by atoms with van der Waals surface area (Å²) in [6.45, 7) is 4.79. The van der Waals surface area contributed by atoms with Crippen LogP contribution in [0.15, 0.2) is 23.6 Å². The molecule has 110 valence electrons. The highest BCUT2D eigenvalue weighted by atomic mass is 32.2. The monoisotopic (exact) mass is 296 g/mol. The molecule has 20 heavy (non-hydrogen) atoms. The molecule has 2 amide bonds. The Morgan fingerprint density at radius 1 is 1.25 bits per heavy atom. The van der Waals surface area contributed by atoms with Crippen LogP contribution in [0.25, 0.3) is 0 Å². The second-order valence-electron chi connectivity index (χ2n) is 4.18. The standard InChI is InChI=1S/C13H20N4O2S/c1-3-6-14-11(18)5-9-15-12(19)10(2)20-13-16-7-4-8-17-13/h4,7-8,10H,3,5-6,9H2,1-2H3,(H,14,18)(H,15,19)/t10-/m1/s1. The first-order valence-corrected chi connectivity index (χ1v) is 7.49. The minimum Gasteiger partial charge on any atom is -0.356 e. The number of carbonyl (C=O) groups excluding carboxylic acids is 2. The van der Waals surface area contributed by atoms with Crippen LogP contribution in [0.1, 0.15) is 26.7 Å². The van der Waals surface area contributed by atoms with E-state index in [2.05, 4.69) is 20.6 Å². The van der Waals surface area contributed by atoms with Crippen LogP contribution in [-0.4, -0.2) is 40.1 Å². The van der Waals surface area contributed by atoms with Crippen molar-refractivity contribution in [2.45, 2.75) is 37.1 Å². The number of carbonyl (C=O) groups is 2. The van der Waals surface area contributed by atoms with Gasteiger partial charge in [-0.25, -0.2) is 9.97 Å². The molecule has 0 saturated heterocycles. The van der Waals surface area contributed by atoms with Crippen LogP contribution in [0.2, 0.25) is 0 Å². The smallest absolute Gasteiger partial charge is 0.233 e. The van der Waals surface area contributed by atoms with E-state index in [4.69, 9.17) is 0 Å². The molecule has 2 N–H and O–H groups in total. The third kappa shape index (κ3) is 6.51. The average molecular weight is 296 g/mol. The van der Waals surface area contributed by atoms with Gasteiger partial charge < -0.3 is 10.6 Å². The molecule has 1 atom stereocenters. The summed E-state index contributed by atoms with van der Waals surface area (Å²) < 4.78 is 0. The second-order valence-corrected chi connectivity index (χ2v) is 5.49. The minimum absolute atomic E-state index is 0.0427. The lowest BCUT2D eigenvalue weighted by Crippen LogP contribution is -2.34. The molecule has 1 heterocycles. The Morgan fingerprint density at radius 2 is 1.95 bits per heavy atom. The number of rotatable bonds is 8. The van der Waals surface area contributed by atoms with Gasteiger partial charge in [0.25, 0.3) is 0 Å². The molecule has 1 aromatic heterocycles. The summed E-state index contributed by atoms with van der Waals surface area (Å²) in [6.07, 6.45) is 4.48. The first kappa shape index (κ1) is 16.4. The predicted molar refractivity (Wildman–Crippen MR) is 78.3 cm³/mol. The highest BCUT2D eigenvalue weighted by Gasteiger charge is 2.15. The summed E-state index contributed by atoms with van der Waals surface area (Å²) in [6, 6.07) is 1.73. The van der Waals surface area contributed by atoms with Crippen LogP contribution < -0.4 is 10.6 Å². The van der Waals surface area contributed by atoms with Crippen molar-refractivity contribution in [3.63, 3.8) is 0 Å². The number of aromatic nitrogens is 2. The number of hydrogen-bond acceptors (Lipinski definition) is 5. The SMILES string of the molecule is CCCNC(=O)CCNC(=O)[C@@H](C)Sc1ncccn1. The number of hydrogen-bond donors (Lipinski definition) is 2. The van der Waals surface area contributed by atoms with Gasteiger partial charge in [0.1, 0.15) is 0 Å². The van der Waals surface area contributed by atoms with Crippen molar-refractivity contribution in [3.05, 3.63) is 18.5 Å². The van der Waals surface area contributed by atoms with Crippen molar-refractivity contribution in [1.82, 2.24) is 20.6 Å². The Hall–Kier alpha value is -1.63. The normalized spacial score (nSPS) is 11.7. The summed E-state index contributed by atoms with van der Waals surface area (Å²) in [5, 5.41) is 5.76. The third-order valence-corrected chi connectivity index (χ3v) is 3.41. The number of nitrogens with one attached hydrogen (secondary N) is 2. The van der Waals surface area contributed by atoms with Crippen LogP contribution in [0.4, 0.5) is 0 Å². The maximum absolute atomic E-state index is 11.8. The zero-order valence-electron chi connectivity index (χ0n) is 11.8. The average Bonchev–Trinajstić information content (AvgIpc) is 2.46. The molecular formula is C13H20N4O2S. The third-order valence-electron chi connectivity index (χ3n) is 2.42. The van der Waals surface area contributed by atoms with Crippen molar-refractivity contribution in [3.8, 4) is 0 Å². The van der Waals surface area contributed by atoms with Gasteiger partial charge >= 0.3 is 0 Å².